The maximum Gasteiger partial charge on any atom is 0.206 e. The van der Waals surface area contributed by atoms with E-state index in [0.717, 1.165) is 29.0 Å². The second kappa shape index (κ2) is 4.58. The van der Waals surface area contributed by atoms with Gasteiger partial charge in [-0.15, -0.1) is 11.3 Å². The van der Waals surface area contributed by atoms with Crippen LogP contribution in [0, 0.1) is 0 Å². The molecule has 0 spiro atoms. The summed E-state index contributed by atoms with van der Waals surface area (Å²) in [7, 11) is 0. The molecule has 0 radical (unpaired) electrons. The lowest BCUT2D eigenvalue weighted by Crippen LogP contribution is -2.01. The van der Waals surface area contributed by atoms with E-state index in [1.165, 1.54) is 4.88 Å². The second-order valence-corrected chi connectivity index (χ2v) is 5.51. The number of benzene rings is 1. The van der Waals surface area contributed by atoms with Crippen LogP contribution in [0.25, 0.3) is 0 Å². The SMILES string of the molecule is CCc1ccc(C(=O)c2cccc3c2OCC3)s1. The van der Waals surface area contributed by atoms with Crippen molar-refractivity contribution >= 4 is 17.1 Å². The van der Waals surface area contributed by atoms with Gasteiger partial charge in [-0.25, -0.2) is 0 Å². The molecule has 0 unspecified atom stereocenters. The van der Waals surface area contributed by atoms with Gasteiger partial charge in [-0.1, -0.05) is 19.1 Å². The van der Waals surface area contributed by atoms with Crippen LogP contribution in [-0.2, 0) is 12.8 Å². The first-order valence-electron chi connectivity index (χ1n) is 6.17. The third kappa shape index (κ3) is 1.85. The summed E-state index contributed by atoms with van der Waals surface area (Å²) < 4.78 is 5.59. The Labute approximate surface area is 110 Å². The largest absolute Gasteiger partial charge is 0.492 e. The molecule has 1 aromatic heterocycles. The summed E-state index contributed by atoms with van der Waals surface area (Å²) in [6, 6.07) is 9.78. The Kier molecular flexibility index (Phi) is 2.92. The van der Waals surface area contributed by atoms with Gasteiger partial charge in [-0.3, -0.25) is 4.79 Å². The van der Waals surface area contributed by atoms with Crippen molar-refractivity contribution in [3.05, 3.63) is 51.2 Å². The minimum atomic E-state index is 0.0819. The lowest BCUT2D eigenvalue weighted by Gasteiger charge is -2.05. The van der Waals surface area contributed by atoms with E-state index < -0.39 is 0 Å². The van der Waals surface area contributed by atoms with Crippen LogP contribution in [0.2, 0.25) is 0 Å². The normalized spacial score (nSPS) is 13.2. The molecule has 1 aromatic carbocycles. The van der Waals surface area contributed by atoms with Crippen LogP contribution in [0.15, 0.2) is 30.3 Å². The Morgan fingerprint density at radius 1 is 1.33 bits per heavy atom. The molecule has 0 saturated heterocycles. The molecule has 3 rings (SSSR count). The first-order chi connectivity index (χ1) is 8.79. The Morgan fingerprint density at radius 2 is 2.22 bits per heavy atom. The zero-order valence-corrected chi connectivity index (χ0v) is 11.0. The molecule has 92 valence electrons. The van der Waals surface area contributed by atoms with E-state index in [9.17, 15) is 4.79 Å². The first kappa shape index (κ1) is 11.5. The summed E-state index contributed by atoms with van der Waals surface area (Å²) in [4.78, 5) is 14.5. The highest BCUT2D eigenvalue weighted by Gasteiger charge is 2.22. The number of hydrogen-bond donors (Lipinski definition) is 0. The molecule has 0 N–H and O–H groups in total. The minimum absolute atomic E-state index is 0.0819. The monoisotopic (exact) mass is 258 g/mol. The third-order valence-electron chi connectivity index (χ3n) is 3.19. The number of rotatable bonds is 3. The van der Waals surface area contributed by atoms with Crippen LogP contribution in [0.1, 0.15) is 32.6 Å². The average Bonchev–Trinajstić information content (AvgIpc) is 3.05. The highest BCUT2D eigenvalue weighted by molar-refractivity contribution is 7.14. The molecular weight excluding hydrogens is 244 g/mol. The van der Waals surface area contributed by atoms with E-state index in [1.807, 2.05) is 30.3 Å². The van der Waals surface area contributed by atoms with Crippen molar-refractivity contribution in [1.29, 1.82) is 0 Å². The predicted molar refractivity (Wildman–Crippen MR) is 72.8 cm³/mol. The van der Waals surface area contributed by atoms with Gasteiger partial charge >= 0.3 is 0 Å². The summed E-state index contributed by atoms with van der Waals surface area (Å²) >= 11 is 1.58. The molecule has 2 nitrogen and oxygen atoms in total. The number of para-hydroxylation sites is 1. The number of carbonyl (C=O) groups is 1. The fourth-order valence-electron chi connectivity index (χ4n) is 2.22. The van der Waals surface area contributed by atoms with Gasteiger partial charge in [0.05, 0.1) is 17.0 Å². The maximum absolute atomic E-state index is 12.5. The summed E-state index contributed by atoms with van der Waals surface area (Å²) in [5, 5.41) is 0. The number of thiophene rings is 1. The van der Waals surface area contributed by atoms with Crippen LogP contribution in [0.5, 0.6) is 5.75 Å². The molecule has 0 fully saturated rings. The number of fused-ring (bicyclic) bond motifs is 1. The van der Waals surface area contributed by atoms with Crippen molar-refractivity contribution in [2.45, 2.75) is 19.8 Å². The topological polar surface area (TPSA) is 26.3 Å². The van der Waals surface area contributed by atoms with Crippen LogP contribution in [0.4, 0.5) is 0 Å². The molecule has 1 aliphatic rings. The molecule has 0 aliphatic carbocycles. The van der Waals surface area contributed by atoms with Crippen molar-refractivity contribution in [3.8, 4) is 5.75 Å². The highest BCUT2D eigenvalue weighted by atomic mass is 32.1. The fourth-order valence-corrected chi connectivity index (χ4v) is 3.12. The van der Waals surface area contributed by atoms with Crippen LogP contribution in [0.3, 0.4) is 0 Å². The van der Waals surface area contributed by atoms with Crippen LogP contribution < -0.4 is 4.74 Å². The van der Waals surface area contributed by atoms with Crippen LogP contribution in [-0.4, -0.2) is 12.4 Å². The molecule has 0 saturated carbocycles. The Bertz CT molecular complexity index is 598. The zero-order chi connectivity index (χ0) is 12.5. The quantitative estimate of drug-likeness (QED) is 0.788. The molecule has 2 heterocycles. The molecule has 2 aromatic rings. The van der Waals surface area contributed by atoms with Crippen molar-refractivity contribution in [3.63, 3.8) is 0 Å². The summed E-state index contributed by atoms with van der Waals surface area (Å²) in [6.07, 6.45) is 1.88. The van der Waals surface area contributed by atoms with Crippen molar-refractivity contribution in [2.24, 2.45) is 0 Å². The Hall–Kier alpha value is -1.61. The Balaban J connectivity index is 2.00. The van der Waals surface area contributed by atoms with E-state index in [0.29, 0.717) is 12.2 Å². The summed E-state index contributed by atoms with van der Waals surface area (Å²) in [6.45, 7) is 2.79. The van der Waals surface area contributed by atoms with Crippen molar-refractivity contribution in [1.82, 2.24) is 0 Å². The maximum atomic E-state index is 12.5. The van der Waals surface area contributed by atoms with E-state index in [2.05, 4.69) is 6.92 Å². The minimum Gasteiger partial charge on any atom is -0.492 e. The predicted octanol–water partition coefficient (Wildman–Crippen LogP) is 3.48. The molecular formula is C15H14O2S. The summed E-state index contributed by atoms with van der Waals surface area (Å²) in [5.41, 5.74) is 1.85. The standard InChI is InChI=1S/C15H14O2S/c1-2-11-6-7-13(18-11)14(16)12-5-3-4-10-8-9-17-15(10)12/h3-7H,2,8-9H2,1H3. The van der Waals surface area contributed by atoms with Crippen molar-refractivity contribution < 1.29 is 9.53 Å². The van der Waals surface area contributed by atoms with Gasteiger partial charge in [-0.2, -0.15) is 0 Å². The van der Waals surface area contributed by atoms with E-state index in [1.54, 1.807) is 11.3 Å². The van der Waals surface area contributed by atoms with E-state index >= 15 is 0 Å². The van der Waals surface area contributed by atoms with Gasteiger partial charge in [-0.05, 0) is 30.2 Å². The molecule has 0 atom stereocenters. The molecule has 1 aliphatic heterocycles. The molecule has 18 heavy (non-hydrogen) atoms. The average molecular weight is 258 g/mol. The van der Waals surface area contributed by atoms with Gasteiger partial charge in [0, 0.05) is 11.3 Å². The highest BCUT2D eigenvalue weighted by Crippen LogP contribution is 2.32. The lowest BCUT2D eigenvalue weighted by molar-refractivity contribution is 0.103. The van der Waals surface area contributed by atoms with E-state index in [4.69, 9.17) is 4.74 Å². The van der Waals surface area contributed by atoms with Gasteiger partial charge in [0.1, 0.15) is 5.75 Å². The van der Waals surface area contributed by atoms with Gasteiger partial charge in [0.15, 0.2) is 0 Å². The van der Waals surface area contributed by atoms with Gasteiger partial charge < -0.3 is 4.74 Å². The van der Waals surface area contributed by atoms with Crippen LogP contribution >= 0.6 is 11.3 Å². The number of carbonyl (C=O) groups excluding carboxylic acids is 1. The fraction of sp³-hybridized carbons (Fsp3) is 0.267. The zero-order valence-electron chi connectivity index (χ0n) is 10.2. The third-order valence-corrected chi connectivity index (χ3v) is 4.42. The summed E-state index contributed by atoms with van der Waals surface area (Å²) in [5.74, 6) is 0.868. The smallest absolute Gasteiger partial charge is 0.206 e. The Morgan fingerprint density at radius 3 is 3.00 bits per heavy atom. The molecule has 0 bridgehead atoms. The molecule has 3 heteroatoms. The number of ether oxygens (including phenoxy) is 1. The number of ketones is 1. The number of hydrogen-bond acceptors (Lipinski definition) is 3. The van der Waals surface area contributed by atoms with Gasteiger partial charge in [0.25, 0.3) is 0 Å². The van der Waals surface area contributed by atoms with E-state index in [-0.39, 0.29) is 5.78 Å². The van der Waals surface area contributed by atoms with Crippen molar-refractivity contribution in [2.75, 3.05) is 6.61 Å². The second-order valence-electron chi connectivity index (χ2n) is 4.34. The number of aryl methyl sites for hydroxylation is 1. The van der Waals surface area contributed by atoms with Gasteiger partial charge in [0.2, 0.25) is 5.78 Å². The molecule has 0 amide bonds. The lowest BCUT2D eigenvalue weighted by atomic mass is 10.0. The first-order valence-corrected chi connectivity index (χ1v) is 6.99.